The zero-order valence-electron chi connectivity index (χ0n) is 28.1. The molecule has 0 unspecified atom stereocenters. The predicted molar refractivity (Wildman–Crippen MR) is 165 cm³/mol. The third-order valence-corrected chi connectivity index (χ3v) is 7.69. The highest BCUT2D eigenvalue weighted by molar-refractivity contribution is 8.22. The van der Waals surface area contributed by atoms with Gasteiger partial charge in [-0.15, -0.1) is 0 Å². The maximum Gasteiger partial charge on any atom is 0.303 e. The quantitative estimate of drug-likeness (QED) is 0.144. The topological polar surface area (TPSA) is 221 Å². The van der Waals surface area contributed by atoms with Crippen LogP contribution in [-0.4, -0.2) is 127 Å². The minimum atomic E-state index is -1.78. The first-order valence-electron chi connectivity index (χ1n) is 14.9. The van der Waals surface area contributed by atoms with Gasteiger partial charge in [-0.2, -0.15) is 0 Å². The molecule has 0 aromatic carbocycles. The molecule has 0 aromatic rings. The van der Waals surface area contributed by atoms with E-state index in [2.05, 4.69) is 0 Å². The van der Waals surface area contributed by atoms with Crippen molar-refractivity contribution in [1.82, 2.24) is 0 Å². The summed E-state index contributed by atoms with van der Waals surface area (Å²) >= 11 is 6.06. The molecule has 0 N–H and O–H groups in total. The Hall–Kier alpha value is -3.59. The Morgan fingerprint density at radius 3 is 1.39 bits per heavy atom. The van der Waals surface area contributed by atoms with Crippen LogP contribution in [0.25, 0.3) is 0 Å². The van der Waals surface area contributed by atoms with Gasteiger partial charge >= 0.3 is 41.8 Å². The monoisotopic (exact) mass is 740 g/mol. The molecule has 2 heterocycles. The molecule has 18 nitrogen and oxygen atoms in total. The summed E-state index contributed by atoms with van der Waals surface area (Å²) in [5.41, 5.74) is -1.21. The van der Waals surface area contributed by atoms with Crippen molar-refractivity contribution in [3.8, 4) is 0 Å². The lowest BCUT2D eigenvalue weighted by Crippen LogP contribution is -2.66. The molecular formula is C29H40O18S2. The number of esters is 7. The lowest BCUT2D eigenvalue weighted by Gasteiger charge is -2.48. The highest BCUT2D eigenvalue weighted by Gasteiger charge is 2.57. The fraction of sp³-hybridized carbons (Fsp3) is 0.724. The van der Waals surface area contributed by atoms with Crippen molar-refractivity contribution in [2.24, 2.45) is 0 Å². The van der Waals surface area contributed by atoms with Gasteiger partial charge < -0.3 is 52.1 Å². The number of hydrogen-bond donors (Lipinski definition) is 0. The molecule has 0 spiro atoms. The van der Waals surface area contributed by atoms with Crippen molar-refractivity contribution < 1.29 is 85.7 Å². The van der Waals surface area contributed by atoms with Crippen LogP contribution < -0.4 is 0 Å². The van der Waals surface area contributed by atoms with Gasteiger partial charge in [-0.3, -0.25) is 33.6 Å². The number of rotatable bonds is 13. The molecule has 0 aliphatic carbocycles. The first kappa shape index (κ1) is 41.6. The number of carbonyl (C=O) groups excluding carboxylic acids is 7. The van der Waals surface area contributed by atoms with Gasteiger partial charge in [-0.05, 0) is 30.9 Å². The van der Waals surface area contributed by atoms with Gasteiger partial charge in [0.15, 0.2) is 42.2 Å². The molecular weight excluding hydrogens is 700 g/mol. The van der Waals surface area contributed by atoms with Crippen LogP contribution in [0.1, 0.15) is 55.4 Å². The summed E-state index contributed by atoms with van der Waals surface area (Å²) in [4.78, 5) is 85.1. The minimum Gasteiger partial charge on any atom is -0.479 e. The van der Waals surface area contributed by atoms with E-state index in [1.165, 1.54) is 0 Å². The molecule has 0 aromatic heterocycles. The highest BCUT2D eigenvalue weighted by atomic mass is 32.2. The SMILES string of the molecule is CCOC(=S)S[C@@H]1O[C@H](COC(C)=O)[C@@H](O[C@H]2O[C@H](COC(C)=O)[C@@H](OC(C)=O)[C@H](OC(C)=O)[C@H]2OC(C)=O)[C@H](OC(C)=O)[C@H]1OC(C)=O. The number of carbonyl (C=O) groups is 7. The number of ether oxygens (including phenoxy) is 11. The molecule has 0 saturated carbocycles. The fourth-order valence-electron chi connectivity index (χ4n) is 4.81. The summed E-state index contributed by atoms with van der Waals surface area (Å²) in [6, 6.07) is 0. The average Bonchev–Trinajstić information content (AvgIpc) is 2.95. The Labute approximate surface area is 291 Å². The van der Waals surface area contributed by atoms with E-state index in [0.717, 1.165) is 60.2 Å². The molecule has 20 heteroatoms. The highest BCUT2D eigenvalue weighted by Crippen LogP contribution is 2.38. The maximum atomic E-state index is 12.5. The molecule has 2 fully saturated rings. The van der Waals surface area contributed by atoms with E-state index in [1.54, 1.807) is 6.92 Å². The number of hydrogen-bond acceptors (Lipinski definition) is 20. The van der Waals surface area contributed by atoms with E-state index in [1.807, 2.05) is 0 Å². The van der Waals surface area contributed by atoms with Crippen LogP contribution in [0.2, 0.25) is 0 Å². The summed E-state index contributed by atoms with van der Waals surface area (Å²) < 4.78 is 61.5. The molecule has 0 bridgehead atoms. The van der Waals surface area contributed by atoms with Gasteiger partial charge in [0.25, 0.3) is 0 Å². The zero-order valence-corrected chi connectivity index (χ0v) is 29.7. The Kier molecular flexibility index (Phi) is 16.6. The zero-order chi connectivity index (χ0) is 37.0. The van der Waals surface area contributed by atoms with E-state index in [-0.39, 0.29) is 11.0 Å². The van der Waals surface area contributed by atoms with Crippen molar-refractivity contribution in [1.29, 1.82) is 0 Å². The van der Waals surface area contributed by atoms with Crippen LogP contribution in [-0.2, 0) is 85.7 Å². The first-order valence-corrected chi connectivity index (χ1v) is 16.1. The molecule has 2 aliphatic heterocycles. The van der Waals surface area contributed by atoms with Crippen LogP contribution in [0, 0.1) is 0 Å². The predicted octanol–water partition coefficient (Wildman–Crippen LogP) is 0.661. The van der Waals surface area contributed by atoms with E-state index in [4.69, 9.17) is 64.3 Å². The van der Waals surface area contributed by atoms with Gasteiger partial charge in [-0.25, -0.2) is 0 Å². The average molecular weight is 741 g/mol. The number of thioether (sulfide) groups is 1. The van der Waals surface area contributed by atoms with Gasteiger partial charge in [0, 0.05) is 48.5 Å². The van der Waals surface area contributed by atoms with Crippen LogP contribution >= 0.6 is 24.0 Å². The molecule has 0 amide bonds. The standard InChI is InChI=1S/C29H40O18S2/c1-9-37-29(48)49-28-26(44-18(8)36)24(42-16(6)34)22(20(46-28)11-39-13(3)31)47-27-25(43-17(7)35)23(41-15(5)33)21(40-14(4)32)19(45-27)10-38-12(2)30/h19-28H,9-11H2,1-8H3/t19-,20-,21-,22-,23+,24+,25-,26-,27-,28+/m1/s1. The van der Waals surface area contributed by atoms with Crippen molar-refractivity contribution in [2.75, 3.05) is 19.8 Å². The van der Waals surface area contributed by atoms with Gasteiger partial charge in [-0.1, -0.05) is 0 Å². The molecule has 0 radical (unpaired) electrons. The Balaban J connectivity index is 2.74. The van der Waals surface area contributed by atoms with E-state index >= 15 is 0 Å². The Morgan fingerprint density at radius 2 is 0.939 bits per heavy atom. The van der Waals surface area contributed by atoms with E-state index in [9.17, 15) is 33.6 Å². The smallest absolute Gasteiger partial charge is 0.303 e. The minimum absolute atomic E-state index is 0.0172. The normalized spacial score (nSPS) is 29.3. The largest absolute Gasteiger partial charge is 0.479 e. The van der Waals surface area contributed by atoms with Gasteiger partial charge in [0.1, 0.15) is 31.5 Å². The second-order valence-corrected chi connectivity index (χ2v) is 12.2. The van der Waals surface area contributed by atoms with Crippen molar-refractivity contribution in [2.45, 2.75) is 116 Å². The van der Waals surface area contributed by atoms with Crippen molar-refractivity contribution >= 4 is 70.1 Å². The molecule has 2 rings (SSSR count). The summed E-state index contributed by atoms with van der Waals surface area (Å²) in [5, 5.41) is 0. The van der Waals surface area contributed by atoms with Crippen LogP contribution in [0.3, 0.4) is 0 Å². The lowest BCUT2D eigenvalue weighted by atomic mass is 9.96. The third-order valence-electron chi connectivity index (χ3n) is 6.36. The number of thiocarbonyl (C=S) groups is 1. The fourth-order valence-corrected chi connectivity index (χ4v) is 6.13. The maximum absolute atomic E-state index is 12.5. The van der Waals surface area contributed by atoms with E-state index < -0.39 is 116 Å². The van der Waals surface area contributed by atoms with Crippen molar-refractivity contribution in [3.05, 3.63) is 0 Å². The summed E-state index contributed by atoms with van der Waals surface area (Å²) in [6.07, 6.45) is -13.8. The van der Waals surface area contributed by atoms with Gasteiger partial charge in [0.2, 0.25) is 4.38 Å². The molecule has 10 atom stereocenters. The van der Waals surface area contributed by atoms with Crippen molar-refractivity contribution in [3.63, 3.8) is 0 Å². The first-order chi connectivity index (χ1) is 22.9. The Morgan fingerprint density at radius 1 is 0.531 bits per heavy atom. The molecule has 2 aliphatic rings. The van der Waals surface area contributed by atoms with E-state index in [0.29, 0.717) is 0 Å². The summed E-state index contributed by atoms with van der Waals surface area (Å²) in [5.74, 6) is -5.80. The third kappa shape index (κ3) is 13.3. The summed E-state index contributed by atoms with van der Waals surface area (Å²) in [6.45, 7) is 8.30. The molecule has 49 heavy (non-hydrogen) atoms. The molecule has 276 valence electrons. The Bertz CT molecular complexity index is 1240. The van der Waals surface area contributed by atoms with Crippen LogP contribution in [0.15, 0.2) is 0 Å². The summed E-state index contributed by atoms with van der Waals surface area (Å²) in [7, 11) is 0. The second-order valence-electron chi connectivity index (χ2n) is 10.5. The van der Waals surface area contributed by atoms with Gasteiger partial charge in [0.05, 0.1) is 6.61 Å². The molecule has 2 saturated heterocycles. The lowest BCUT2D eigenvalue weighted by molar-refractivity contribution is -0.341. The van der Waals surface area contributed by atoms with Crippen LogP contribution in [0.5, 0.6) is 0 Å². The van der Waals surface area contributed by atoms with Crippen LogP contribution in [0.4, 0.5) is 0 Å². The second kappa shape index (κ2) is 19.6.